The molecule has 2 heterocycles. The van der Waals surface area contributed by atoms with Crippen LogP contribution in [-0.2, 0) is 6.42 Å². The summed E-state index contributed by atoms with van der Waals surface area (Å²) in [6.45, 7) is 0. The average molecular weight is 247 g/mol. The van der Waals surface area contributed by atoms with Gasteiger partial charge in [0.1, 0.15) is 5.82 Å². The van der Waals surface area contributed by atoms with Crippen molar-refractivity contribution in [2.45, 2.75) is 12.8 Å². The third kappa shape index (κ3) is 1.93. The first-order valence-electron chi connectivity index (χ1n) is 6.45. The van der Waals surface area contributed by atoms with Crippen molar-refractivity contribution < 1.29 is 0 Å². The first-order chi connectivity index (χ1) is 9.40. The van der Waals surface area contributed by atoms with Crippen LogP contribution in [0.15, 0.2) is 58.9 Å². The van der Waals surface area contributed by atoms with E-state index in [2.05, 4.69) is 40.3 Å². The van der Waals surface area contributed by atoms with Crippen molar-refractivity contribution in [3.8, 4) is 0 Å². The average Bonchev–Trinajstić information content (AvgIpc) is 2.97. The Kier molecular flexibility index (Phi) is 2.24. The smallest absolute Gasteiger partial charge is 0.110 e. The van der Waals surface area contributed by atoms with Gasteiger partial charge in [0.25, 0.3) is 0 Å². The van der Waals surface area contributed by atoms with Crippen LogP contribution in [0, 0.1) is 0 Å². The fourth-order valence-electron chi connectivity index (χ4n) is 2.44. The Morgan fingerprint density at radius 1 is 1.16 bits per heavy atom. The van der Waals surface area contributed by atoms with Gasteiger partial charge in [0.15, 0.2) is 0 Å². The van der Waals surface area contributed by atoms with Gasteiger partial charge in [0.05, 0.1) is 5.69 Å². The molecule has 92 valence electrons. The van der Waals surface area contributed by atoms with E-state index < -0.39 is 0 Å². The minimum Gasteiger partial charge on any atom is -0.348 e. The molecule has 1 fully saturated rings. The van der Waals surface area contributed by atoms with Crippen molar-refractivity contribution >= 4 is 17.5 Å². The first-order valence-corrected chi connectivity index (χ1v) is 6.45. The topological polar surface area (TPSA) is 41.0 Å². The fraction of sp³-hybridized carbons (Fsp3) is 0.125. The molecule has 0 amide bonds. The number of rotatable bonds is 2. The van der Waals surface area contributed by atoms with E-state index in [1.54, 1.807) is 6.20 Å². The normalized spacial score (nSPS) is 24.5. The second-order valence-corrected chi connectivity index (χ2v) is 4.84. The molecular formula is C16H13N3. The molecule has 1 aromatic carbocycles. The van der Waals surface area contributed by atoms with Gasteiger partial charge in [-0.05, 0) is 17.2 Å². The van der Waals surface area contributed by atoms with E-state index in [0.717, 1.165) is 24.4 Å². The highest BCUT2D eigenvalue weighted by molar-refractivity contribution is 6.20. The zero-order valence-electron chi connectivity index (χ0n) is 10.4. The molecule has 0 bridgehead atoms. The molecule has 0 radical (unpaired) electrons. The van der Waals surface area contributed by atoms with Gasteiger partial charge in [-0.1, -0.05) is 30.4 Å². The number of H-pyrrole nitrogens is 1. The maximum absolute atomic E-state index is 4.73. The number of aromatic nitrogens is 2. The number of aliphatic imine (C=N–C) groups is 1. The van der Waals surface area contributed by atoms with E-state index in [1.807, 2.05) is 12.3 Å². The minimum absolute atomic E-state index is 0.847. The van der Waals surface area contributed by atoms with Gasteiger partial charge >= 0.3 is 0 Å². The zero-order chi connectivity index (χ0) is 12.7. The number of hydrogen-bond acceptors (Lipinski definition) is 2. The molecule has 3 nitrogen and oxygen atoms in total. The van der Waals surface area contributed by atoms with E-state index in [0.29, 0.717) is 0 Å². The van der Waals surface area contributed by atoms with Crippen LogP contribution in [0.3, 0.4) is 0 Å². The summed E-state index contributed by atoms with van der Waals surface area (Å²) >= 11 is 0. The number of hydrogen-bond donors (Lipinski definition) is 1. The molecule has 0 saturated heterocycles. The van der Waals surface area contributed by atoms with Gasteiger partial charge in [0, 0.05) is 36.5 Å². The molecule has 0 unspecified atom stereocenters. The molecule has 1 saturated carbocycles. The Bertz CT molecular complexity index is 718. The number of allylic oxidation sites excluding steroid dienone is 3. The highest BCUT2D eigenvalue weighted by Gasteiger charge is 2.28. The van der Waals surface area contributed by atoms with Crippen LogP contribution in [-0.4, -0.2) is 15.7 Å². The lowest BCUT2D eigenvalue weighted by molar-refractivity contribution is 1.02. The number of aromatic amines is 1. The lowest BCUT2D eigenvalue weighted by Crippen LogP contribution is -1.92. The van der Waals surface area contributed by atoms with Crippen LogP contribution in [0.5, 0.6) is 0 Å². The number of para-hydroxylation sites is 1. The van der Waals surface area contributed by atoms with Crippen LogP contribution in [0.4, 0.5) is 5.69 Å². The van der Waals surface area contributed by atoms with E-state index in [-0.39, 0.29) is 0 Å². The predicted molar refractivity (Wildman–Crippen MR) is 76.5 cm³/mol. The number of imidazole rings is 1. The molecule has 0 spiro atoms. The first kappa shape index (κ1) is 10.5. The van der Waals surface area contributed by atoms with Crippen LogP contribution in [0.1, 0.15) is 17.8 Å². The summed E-state index contributed by atoms with van der Waals surface area (Å²) in [7, 11) is 0. The fourth-order valence-corrected chi connectivity index (χ4v) is 2.44. The van der Waals surface area contributed by atoms with E-state index in [9.17, 15) is 0 Å². The van der Waals surface area contributed by atoms with Crippen molar-refractivity contribution in [2.24, 2.45) is 4.99 Å². The minimum atomic E-state index is 0.847. The van der Waals surface area contributed by atoms with Crippen LogP contribution >= 0.6 is 0 Å². The van der Waals surface area contributed by atoms with Gasteiger partial charge in [-0.15, -0.1) is 0 Å². The molecule has 4 rings (SSSR count). The number of benzene rings is 1. The molecule has 1 aliphatic carbocycles. The molecule has 19 heavy (non-hydrogen) atoms. The van der Waals surface area contributed by atoms with Crippen LogP contribution < -0.4 is 0 Å². The molecule has 1 aromatic heterocycles. The summed E-state index contributed by atoms with van der Waals surface area (Å²) in [5, 5.41) is 0. The van der Waals surface area contributed by atoms with Crippen molar-refractivity contribution in [2.75, 3.05) is 0 Å². The Morgan fingerprint density at radius 2 is 2.11 bits per heavy atom. The second kappa shape index (κ2) is 4.05. The molecule has 1 N–H and O–H groups in total. The number of nitrogens with one attached hydrogen (secondary N) is 1. The monoisotopic (exact) mass is 247 g/mol. The molecule has 3 heteroatoms. The van der Waals surface area contributed by atoms with E-state index in [1.165, 1.54) is 22.4 Å². The van der Waals surface area contributed by atoms with Crippen molar-refractivity contribution in [3.63, 3.8) is 0 Å². The SMILES string of the molecule is C1=C\c2ccccc2/N=C2/C/C2=C/1Cc1ncc[nH]1. The summed E-state index contributed by atoms with van der Waals surface area (Å²) < 4.78 is 0. The van der Waals surface area contributed by atoms with Gasteiger partial charge in [-0.2, -0.15) is 0 Å². The largest absolute Gasteiger partial charge is 0.348 e. The van der Waals surface area contributed by atoms with E-state index in [4.69, 9.17) is 4.99 Å². The Hall–Kier alpha value is -2.42. The van der Waals surface area contributed by atoms with Crippen LogP contribution in [0.25, 0.3) is 6.08 Å². The summed E-state index contributed by atoms with van der Waals surface area (Å²) in [6, 6.07) is 8.26. The van der Waals surface area contributed by atoms with Gasteiger partial charge in [-0.25, -0.2) is 4.98 Å². The summed E-state index contributed by atoms with van der Waals surface area (Å²) in [6.07, 6.45) is 9.88. The molecule has 1 aliphatic heterocycles. The summed E-state index contributed by atoms with van der Waals surface area (Å²) in [5.41, 5.74) is 6.17. The lowest BCUT2D eigenvalue weighted by Gasteiger charge is -2.04. The third-order valence-electron chi connectivity index (χ3n) is 3.52. The molecule has 2 aromatic rings. The van der Waals surface area contributed by atoms with Crippen LogP contribution in [0.2, 0.25) is 0 Å². The van der Waals surface area contributed by atoms with Gasteiger partial charge in [-0.3, -0.25) is 4.99 Å². The highest BCUT2D eigenvalue weighted by atomic mass is 14.9. The van der Waals surface area contributed by atoms with Gasteiger partial charge in [0.2, 0.25) is 0 Å². The maximum atomic E-state index is 4.73. The molecule has 2 aliphatic rings. The second-order valence-electron chi connectivity index (χ2n) is 4.84. The van der Waals surface area contributed by atoms with Crippen molar-refractivity contribution in [1.29, 1.82) is 0 Å². The number of fused-ring (bicyclic) bond motifs is 2. The van der Waals surface area contributed by atoms with Crippen molar-refractivity contribution in [3.05, 3.63) is 65.3 Å². The third-order valence-corrected chi connectivity index (χ3v) is 3.52. The Morgan fingerprint density at radius 3 is 3.00 bits per heavy atom. The van der Waals surface area contributed by atoms with Crippen molar-refractivity contribution in [1.82, 2.24) is 9.97 Å². The Balaban J connectivity index is 1.74. The summed E-state index contributed by atoms with van der Waals surface area (Å²) in [5.74, 6) is 1.01. The highest BCUT2D eigenvalue weighted by Crippen LogP contribution is 2.36. The molecule has 0 atom stereocenters. The Labute approximate surface area is 111 Å². The molecular weight excluding hydrogens is 234 g/mol. The quantitative estimate of drug-likeness (QED) is 0.867. The lowest BCUT2D eigenvalue weighted by atomic mass is 10.1. The predicted octanol–water partition coefficient (Wildman–Crippen LogP) is 3.45. The van der Waals surface area contributed by atoms with E-state index >= 15 is 0 Å². The standard InChI is InChI=1S/C16H13N3/c1-2-4-14-11(3-1)5-6-12(13-10-15(13)19-14)9-16-17-7-8-18-16/h1-8H,9-10H2,(H,17,18)/b6-5-,11-5?,12-6?,13-12+,19-14?,19-15-. The summed E-state index contributed by atoms with van der Waals surface area (Å²) in [4.78, 5) is 12.2. The van der Waals surface area contributed by atoms with Gasteiger partial charge < -0.3 is 4.98 Å². The zero-order valence-corrected chi connectivity index (χ0v) is 10.4. The number of nitrogens with zero attached hydrogens (tertiary/aromatic N) is 2. The maximum Gasteiger partial charge on any atom is 0.110 e.